The zero-order valence-corrected chi connectivity index (χ0v) is 10.3. The second-order valence-electron chi connectivity index (χ2n) is 3.81. The molecule has 0 atom stereocenters. The van der Waals surface area contributed by atoms with Gasteiger partial charge in [0.1, 0.15) is 5.75 Å². The number of nitrogens with zero attached hydrogens (tertiary/aromatic N) is 2. The largest absolute Gasteiger partial charge is 0.484 e. The first-order valence-electron chi connectivity index (χ1n) is 5.96. The fraction of sp³-hybridized carbons (Fsp3) is 0.385. The molecule has 0 fully saturated rings. The van der Waals surface area contributed by atoms with E-state index in [-0.39, 0.29) is 13.2 Å². The minimum atomic E-state index is 0.0981. The number of rotatable bonds is 6. The smallest absolute Gasteiger partial charge is 0.253 e. The molecule has 0 aliphatic rings. The Morgan fingerprint density at radius 2 is 2.00 bits per heavy atom. The number of aliphatic hydroxyl groups excluding tert-OH is 1. The van der Waals surface area contributed by atoms with Crippen LogP contribution >= 0.6 is 0 Å². The number of aliphatic hydroxyl groups is 1. The van der Waals surface area contributed by atoms with Crippen LogP contribution in [-0.4, -0.2) is 21.9 Å². The lowest BCUT2D eigenvalue weighted by molar-refractivity contribution is 0.253. The first-order valence-corrected chi connectivity index (χ1v) is 5.96. The van der Waals surface area contributed by atoms with Crippen molar-refractivity contribution in [3.05, 3.63) is 41.6 Å². The summed E-state index contributed by atoms with van der Waals surface area (Å²) in [7, 11) is 0. The highest BCUT2D eigenvalue weighted by molar-refractivity contribution is 5.33. The van der Waals surface area contributed by atoms with Gasteiger partial charge in [-0.1, -0.05) is 25.1 Å². The molecule has 2 aromatic rings. The summed E-state index contributed by atoms with van der Waals surface area (Å²) in [6.45, 7) is 2.30. The van der Waals surface area contributed by atoms with Gasteiger partial charge in [-0.05, 0) is 18.1 Å². The van der Waals surface area contributed by atoms with Crippen molar-refractivity contribution in [2.24, 2.45) is 0 Å². The fourth-order valence-electron chi connectivity index (χ4n) is 1.60. The van der Waals surface area contributed by atoms with E-state index in [0.29, 0.717) is 24.6 Å². The standard InChI is InChI=1S/C13H16N2O3/c1-2-12-14-15-13(18-12)9-17-11-6-4-3-5-10(11)7-8-16/h3-6,16H,2,7-9H2,1H3. The molecule has 5 heteroatoms. The molecule has 0 amide bonds. The molecule has 0 saturated heterocycles. The molecule has 0 unspecified atom stereocenters. The third-order valence-electron chi connectivity index (χ3n) is 2.52. The number of benzene rings is 1. The van der Waals surface area contributed by atoms with Crippen molar-refractivity contribution in [3.63, 3.8) is 0 Å². The summed E-state index contributed by atoms with van der Waals surface area (Å²) >= 11 is 0. The van der Waals surface area contributed by atoms with Crippen LogP contribution in [0.3, 0.4) is 0 Å². The van der Waals surface area contributed by atoms with Gasteiger partial charge in [0, 0.05) is 13.0 Å². The summed E-state index contributed by atoms with van der Waals surface area (Å²) in [6, 6.07) is 7.60. The van der Waals surface area contributed by atoms with Gasteiger partial charge in [-0.25, -0.2) is 0 Å². The van der Waals surface area contributed by atoms with E-state index in [1.165, 1.54) is 0 Å². The summed E-state index contributed by atoms with van der Waals surface area (Å²) in [5.41, 5.74) is 0.968. The number of ether oxygens (including phenoxy) is 1. The Morgan fingerprint density at radius 3 is 2.72 bits per heavy atom. The summed E-state index contributed by atoms with van der Waals surface area (Å²) in [6.07, 6.45) is 1.29. The maximum absolute atomic E-state index is 8.97. The molecule has 0 aliphatic heterocycles. The monoisotopic (exact) mass is 248 g/mol. The predicted molar refractivity (Wildman–Crippen MR) is 65.2 cm³/mol. The van der Waals surface area contributed by atoms with Crippen molar-refractivity contribution in [2.45, 2.75) is 26.4 Å². The normalized spacial score (nSPS) is 10.6. The Balaban J connectivity index is 2.01. The molecule has 1 heterocycles. The van der Waals surface area contributed by atoms with Crippen molar-refractivity contribution in [3.8, 4) is 5.75 Å². The molecular weight excluding hydrogens is 232 g/mol. The van der Waals surface area contributed by atoms with E-state index in [4.69, 9.17) is 14.3 Å². The van der Waals surface area contributed by atoms with Crippen molar-refractivity contribution >= 4 is 0 Å². The average Bonchev–Trinajstić information content (AvgIpc) is 2.86. The molecule has 18 heavy (non-hydrogen) atoms. The van der Waals surface area contributed by atoms with Crippen molar-refractivity contribution in [2.75, 3.05) is 6.61 Å². The maximum Gasteiger partial charge on any atom is 0.253 e. The lowest BCUT2D eigenvalue weighted by Crippen LogP contribution is -2.00. The maximum atomic E-state index is 8.97. The predicted octanol–water partition coefficient (Wildman–Crippen LogP) is 1.75. The highest BCUT2D eigenvalue weighted by Crippen LogP contribution is 2.19. The van der Waals surface area contributed by atoms with Gasteiger partial charge >= 0.3 is 0 Å². The quantitative estimate of drug-likeness (QED) is 0.843. The molecule has 96 valence electrons. The molecule has 1 aromatic carbocycles. The second kappa shape index (κ2) is 6.16. The Labute approximate surface area is 105 Å². The van der Waals surface area contributed by atoms with Crippen LogP contribution in [0.4, 0.5) is 0 Å². The molecule has 1 N–H and O–H groups in total. The third kappa shape index (κ3) is 3.07. The Morgan fingerprint density at radius 1 is 1.22 bits per heavy atom. The number of aryl methyl sites for hydroxylation is 1. The summed E-state index contributed by atoms with van der Waals surface area (Å²) in [5.74, 6) is 1.81. The molecular formula is C13H16N2O3. The number of hydrogen-bond acceptors (Lipinski definition) is 5. The molecule has 0 bridgehead atoms. The van der Waals surface area contributed by atoms with Crippen molar-refractivity contribution < 1.29 is 14.3 Å². The zero-order chi connectivity index (χ0) is 12.8. The van der Waals surface area contributed by atoms with Gasteiger partial charge in [0.25, 0.3) is 5.89 Å². The molecule has 0 aliphatic carbocycles. The topological polar surface area (TPSA) is 68.4 Å². The lowest BCUT2D eigenvalue weighted by Gasteiger charge is -2.08. The van der Waals surface area contributed by atoms with Crippen LogP contribution in [0, 0.1) is 0 Å². The second-order valence-corrected chi connectivity index (χ2v) is 3.81. The van der Waals surface area contributed by atoms with E-state index in [9.17, 15) is 0 Å². The Kier molecular flexibility index (Phi) is 4.30. The van der Waals surface area contributed by atoms with E-state index in [2.05, 4.69) is 10.2 Å². The van der Waals surface area contributed by atoms with Crippen molar-refractivity contribution in [1.82, 2.24) is 10.2 Å². The summed E-state index contributed by atoms with van der Waals surface area (Å²) in [5, 5.41) is 16.7. The van der Waals surface area contributed by atoms with Crippen LogP contribution in [0.1, 0.15) is 24.3 Å². The third-order valence-corrected chi connectivity index (χ3v) is 2.52. The summed E-state index contributed by atoms with van der Waals surface area (Å²) < 4.78 is 11.0. The van der Waals surface area contributed by atoms with E-state index in [1.807, 2.05) is 31.2 Å². The van der Waals surface area contributed by atoms with E-state index < -0.39 is 0 Å². The highest BCUT2D eigenvalue weighted by Gasteiger charge is 2.07. The van der Waals surface area contributed by atoms with Gasteiger partial charge < -0.3 is 14.3 Å². The number of aromatic nitrogens is 2. The molecule has 1 aromatic heterocycles. The first-order chi connectivity index (χ1) is 8.83. The van der Waals surface area contributed by atoms with Gasteiger partial charge in [0.15, 0.2) is 6.61 Å². The molecule has 0 spiro atoms. The van der Waals surface area contributed by atoms with Gasteiger partial charge in [0.05, 0.1) is 0 Å². The van der Waals surface area contributed by atoms with Crippen LogP contribution < -0.4 is 4.74 Å². The minimum absolute atomic E-state index is 0.0981. The average molecular weight is 248 g/mol. The van der Waals surface area contributed by atoms with Gasteiger partial charge in [-0.15, -0.1) is 10.2 Å². The lowest BCUT2D eigenvalue weighted by atomic mass is 10.1. The number of para-hydroxylation sites is 1. The van der Waals surface area contributed by atoms with Crippen LogP contribution in [0.25, 0.3) is 0 Å². The van der Waals surface area contributed by atoms with Crippen LogP contribution in [0.15, 0.2) is 28.7 Å². The van der Waals surface area contributed by atoms with Crippen LogP contribution in [-0.2, 0) is 19.4 Å². The molecule has 0 saturated carbocycles. The molecule has 2 rings (SSSR count). The highest BCUT2D eigenvalue weighted by atomic mass is 16.5. The molecule has 0 radical (unpaired) electrons. The van der Waals surface area contributed by atoms with Crippen LogP contribution in [0.5, 0.6) is 5.75 Å². The Hall–Kier alpha value is -1.88. The zero-order valence-electron chi connectivity index (χ0n) is 10.3. The van der Waals surface area contributed by atoms with Gasteiger partial charge in [0.2, 0.25) is 5.89 Å². The van der Waals surface area contributed by atoms with E-state index in [0.717, 1.165) is 11.3 Å². The van der Waals surface area contributed by atoms with E-state index in [1.54, 1.807) is 0 Å². The fourth-order valence-corrected chi connectivity index (χ4v) is 1.60. The Bertz CT molecular complexity index is 496. The SMILES string of the molecule is CCc1nnc(COc2ccccc2CCO)o1. The van der Waals surface area contributed by atoms with E-state index >= 15 is 0 Å². The van der Waals surface area contributed by atoms with Crippen molar-refractivity contribution in [1.29, 1.82) is 0 Å². The summed E-state index contributed by atoms with van der Waals surface area (Å²) in [4.78, 5) is 0. The number of hydrogen-bond donors (Lipinski definition) is 1. The minimum Gasteiger partial charge on any atom is -0.484 e. The molecule has 5 nitrogen and oxygen atoms in total. The van der Waals surface area contributed by atoms with Crippen LogP contribution in [0.2, 0.25) is 0 Å². The first kappa shape index (κ1) is 12.6. The van der Waals surface area contributed by atoms with Gasteiger partial charge in [-0.2, -0.15) is 0 Å². The van der Waals surface area contributed by atoms with Gasteiger partial charge in [-0.3, -0.25) is 0 Å².